The molecule has 1 heterocycles. The van der Waals surface area contributed by atoms with Gasteiger partial charge in [-0.2, -0.15) is 0 Å². The number of aromatic amines is 1. The van der Waals surface area contributed by atoms with E-state index in [0.717, 1.165) is 0 Å². The van der Waals surface area contributed by atoms with Gasteiger partial charge in [0.1, 0.15) is 5.82 Å². The Morgan fingerprint density at radius 2 is 2.11 bits per heavy atom. The average Bonchev–Trinajstić information content (AvgIpc) is 2.83. The van der Waals surface area contributed by atoms with Gasteiger partial charge < -0.3 is 10.7 Å². The third-order valence-electron chi connectivity index (χ3n) is 2.41. The van der Waals surface area contributed by atoms with Crippen LogP contribution in [0.2, 0.25) is 0 Å². The highest BCUT2D eigenvalue weighted by Crippen LogP contribution is 2.13. The van der Waals surface area contributed by atoms with Crippen LogP contribution >= 0.6 is 0 Å². The Balaban J connectivity index is 2.02. The number of nitrogen functional groups attached to an aromatic ring is 1. The van der Waals surface area contributed by atoms with Crippen LogP contribution in [0.25, 0.3) is 0 Å². The zero-order chi connectivity index (χ0) is 13.0. The lowest BCUT2D eigenvalue weighted by atomic mass is 10.2. The number of hydrogen-bond acceptors (Lipinski definition) is 4. The topological polar surface area (TPSA) is 101 Å². The number of benzene rings is 1. The van der Waals surface area contributed by atoms with Crippen LogP contribution in [-0.4, -0.2) is 18.4 Å². The molecule has 0 spiro atoms. The molecule has 0 unspecified atom stereocenters. The van der Waals surface area contributed by atoms with E-state index in [4.69, 9.17) is 5.73 Å². The highest BCUT2D eigenvalue weighted by molar-refractivity contribution is 7.88. The average molecular weight is 266 g/mol. The first-order valence-electron chi connectivity index (χ1n) is 5.36. The molecule has 6 nitrogen and oxygen atoms in total. The number of anilines is 1. The predicted molar refractivity (Wildman–Crippen MR) is 68.9 cm³/mol. The van der Waals surface area contributed by atoms with Gasteiger partial charge in [-0.1, -0.05) is 18.2 Å². The number of aromatic nitrogens is 2. The summed E-state index contributed by atoms with van der Waals surface area (Å²) in [4.78, 5) is 6.76. The van der Waals surface area contributed by atoms with Crippen LogP contribution in [0.1, 0.15) is 11.4 Å². The minimum atomic E-state index is -3.42. The Kier molecular flexibility index (Phi) is 3.63. The Bertz CT molecular complexity index is 608. The molecule has 0 aliphatic rings. The van der Waals surface area contributed by atoms with Gasteiger partial charge in [-0.3, -0.25) is 0 Å². The summed E-state index contributed by atoms with van der Waals surface area (Å²) in [6, 6.07) is 6.90. The minimum absolute atomic E-state index is 0.139. The second-order valence-corrected chi connectivity index (χ2v) is 5.62. The van der Waals surface area contributed by atoms with E-state index in [1.165, 1.54) is 0 Å². The molecule has 0 saturated carbocycles. The molecule has 7 heteroatoms. The molecular weight excluding hydrogens is 252 g/mol. The Morgan fingerprint density at radius 3 is 2.78 bits per heavy atom. The molecular formula is C11H14N4O2S. The molecule has 18 heavy (non-hydrogen) atoms. The summed E-state index contributed by atoms with van der Waals surface area (Å²) in [5.74, 6) is 0.431. The molecule has 0 atom stereocenters. The van der Waals surface area contributed by atoms with Crippen LogP contribution in [0.4, 0.5) is 5.69 Å². The lowest BCUT2D eigenvalue weighted by Gasteiger charge is -2.07. The van der Waals surface area contributed by atoms with E-state index in [1.54, 1.807) is 36.7 Å². The van der Waals surface area contributed by atoms with Crippen molar-refractivity contribution in [1.29, 1.82) is 0 Å². The fourth-order valence-electron chi connectivity index (χ4n) is 1.49. The first-order valence-corrected chi connectivity index (χ1v) is 7.01. The maximum absolute atomic E-state index is 11.8. The molecule has 4 N–H and O–H groups in total. The molecule has 0 aliphatic heterocycles. The van der Waals surface area contributed by atoms with Crippen LogP contribution in [0.3, 0.4) is 0 Å². The summed E-state index contributed by atoms with van der Waals surface area (Å²) in [5.41, 5.74) is 6.77. The van der Waals surface area contributed by atoms with Crippen LogP contribution in [0.15, 0.2) is 36.7 Å². The second-order valence-electron chi connectivity index (χ2n) is 3.81. The molecule has 1 aromatic carbocycles. The summed E-state index contributed by atoms with van der Waals surface area (Å²) in [6.07, 6.45) is 3.21. The number of imidazole rings is 1. The van der Waals surface area contributed by atoms with Crippen LogP contribution in [-0.2, 0) is 22.3 Å². The van der Waals surface area contributed by atoms with Gasteiger partial charge in [0.2, 0.25) is 10.0 Å². The molecule has 0 saturated heterocycles. The maximum Gasteiger partial charge on any atom is 0.216 e. The number of nitrogens with one attached hydrogen (secondary N) is 2. The number of nitrogens with two attached hydrogens (primary N) is 1. The largest absolute Gasteiger partial charge is 0.398 e. The second kappa shape index (κ2) is 5.19. The molecule has 0 amide bonds. The summed E-state index contributed by atoms with van der Waals surface area (Å²) < 4.78 is 26.1. The van der Waals surface area contributed by atoms with E-state index in [-0.39, 0.29) is 12.3 Å². The van der Waals surface area contributed by atoms with Gasteiger partial charge in [0.05, 0.1) is 12.3 Å². The van der Waals surface area contributed by atoms with E-state index in [1.807, 2.05) is 0 Å². The molecule has 2 aromatic rings. The van der Waals surface area contributed by atoms with Crippen molar-refractivity contribution in [2.24, 2.45) is 0 Å². The van der Waals surface area contributed by atoms with Crippen molar-refractivity contribution in [3.8, 4) is 0 Å². The summed E-state index contributed by atoms with van der Waals surface area (Å²) >= 11 is 0. The number of rotatable bonds is 5. The molecule has 0 fully saturated rings. The first-order chi connectivity index (χ1) is 8.57. The Morgan fingerprint density at radius 1 is 1.33 bits per heavy atom. The molecule has 1 aromatic heterocycles. The van der Waals surface area contributed by atoms with E-state index < -0.39 is 10.0 Å². The first kappa shape index (κ1) is 12.6. The highest BCUT2D eigenvalue weighted by atomic mass is 32.2. The van der Waals surface area contributed by atoms with Crippen LogP contribution < -0.4 is 10.5 Å². The number of hydrogen-bond donors (Lipinski definition) is 3. The lowest BCUT2D eigenvalue weighted by Crippen LogP contribution is -2.25. The fraction of sp³-hybridized carbons (Fsp3) is 0.182. The van der Waals surface area contributed by atoms with E-state index in [0.29, 0.717) is 17.1 Å². The standard InChI is InChI=1S/C11H14N4O2S/c12-10-4-2-1-3-9(10)8-18(16,17)15-7-11-13-5-6-14-11/h1-6,15H,7-8,12H2,(H,13,14). The van der Waals surface area contributed by atoms with Crippen LogP contribution in [0.5, 0.6) is 0 Å². The van der Waals surface area contributed by atoms with Crippen molar-refractivity contribution < 1.29 is 8.42 Å². The number of H-pyrrole nitrogens is 1. The van der Waals surface area contributed by atoms with Gasteiger partial charge >= 0.3 is 0 Å². The predicted octanol–water partition coefficient (Wildman–Crippen LogP) is 0.611. The van der Waals surface area contributed by atoms with E-state index >= 15 is 0 Å². The molecule has 0 aliphatic carbocycles. The fourth-order valence-corrected chi connectivity index (χ4v) is 2.63. The zero-order valence-electron chi connectivity index (χ0n) is 9.63. The zero-order valence-corrected chi connectivity index (χ0v) is 10.4. The maximum atomic E-state index is 11.8. The lowest BCUT2D eigenvalue weighted by molar-refractivity contribution is 0.579. The quantitative estimate of drug-likeness (QED) is 0.690. The molecule has 0 radical (unpaired) electrons. The SMILES string of the molecule is Nc1ccccc1CS(=O)(=O)NCc1ncc[nH]1. The molecule has 96 valence electrons. The van der Waals surface area contributed by atoms with Gasteiger partial charge in [-0.05, 0) is 11.6 Å². The van der Waals surface area contributed by atoms with E-state index in [2.05, 4.69) is 14.7 Å². The van der Waals surface area contributed by atoms with Crippen molar-refractivity contribution in [3.63, 3.8) is 0 Å². The molecule has 0 bridgehead atoms. The minimum Gasteiger partial charge on any atom is -0.398 e. The number of para-hydroxylation sites is 1. The van der Waals surface area contributed by atoms with Crippen molar-refractivity contribution in [3.05, 3.63) is 48.0 Å². The normalized spacial score (nSPS) is 11.6. The van der Waals surface area contributed by atoms with Gasteiger partial charge in [0, 0.05) is 18.1 Å². The van der Waals surface area contributed by atoms with Gasteiger partial charge in [-0.25, -0.2) is 18.1 Å². The Labute approximate surface area is 105 Å². The molecule has 2 rings (SSSR count). The number of sulfonamides is 1. The van der Waals surface area contributed by atoms with Crippen molar-refractivity contribution in [1.82, 2.24) is 14.7 Å². The van der Waals surface area contributed by atoms with Crippen molar-refractivity contribution in [2.45, 2.75) is 12.3 Å². The van der Waals surface area contributed by atoms with Crippen molar-refractivity contribution in [2.75, 3.05) is 5.73 Å². The van der Waals surface area contributed by atoms with Gasteiger partial charge in [0.25, 0.3) is 0 Å². The monoisotopic (exact) mass is 266 g/mol. The summed E-state index contributed by atoms with van der Waals surface area (Å²) in [6.45, 7) is 0.141. The highest BCUT2D eigenvalue weighted by Gasteiger charge is 2.13. The Hall–Kier alpha value is -1.86. The third-order valence-corrected chi connectivity index (χ3v) is 3.69. The smallest absolute Gasteiger partial charge is 0.216 e. The van der Waals surface area contributed by atoms with E-state index in [9.17, 15) is 8.42 Å². The summed E-state index contributed by atoms with van der Waals surface area (Å²) in [5, 5.41) is 0. The van der Waals surface area contributed by atoms with Gasteiger partial charge in [-0.15, -0.1) is 0 Å². The third kappa shape index (κ3) is 3.31. The van der Waals surface area contributed by atoms with Crippen LogP contribution in [0, 0.1) is 0 Å². The van der Waals surface area contributed by atoms with Gasteiger partial charge in [0.15, 0.2) is 0 Å². The number of nitrogens with zero attached hydrogens (tertiary/aromatic N) is 1. The summed E-state index contributed by atoms with van der Waals surface area (Å²) in [7, 11) is -3.42. The van der Waals surface area contributed by atoms with Crippen molar-refractivity contribution >= 4 is 15.7 Å².